The molecule has 3 aromatic rings. The molecule has 1 saturated heterocycles. The topological polar surface area (TPSA) is 86.4 Å². The van der Waals surface area contributed by atoms with Gasteiger partial charge in [-0.25, -0.2) is 4.98 Å². The molecule has 0 aliphatic carbocycles. The Morgan fingerprint density at radius 1 is 1.03 bits per heavy atom. The van der Waals surface area contributed by atoms with Gasteiger partial charge in [-0.3, -0.25) is 19.3 Å². The summed E-state index contributed by atoms with van der Waals surface area (Å²) in [6, 6.07) is 14.0. The van der Waals surface area contributed by atoms with Crippen molar-refractivity contribution in [3.05, 3.63) is 65.5 Å². The lowest BCUT2D eigenvalue weighted by atomic mass is 9.92. The van der Waals surface area contributed by atoms with Crippen molar-refractivity contribution in [2.24, 2.45) is 5.92 Å². The van der Waals surface area contributed by atoms with Crippen molar-refractivity contribution in [1.29, 1.82) is 0 Å². The zero-order chi connectivity index (χ0) is 23.1. The van der Waals surface area contributed by atoms with Gasteiger partial charge in [0.25, 0.3) is 11.8 Å². The number of fused-ring (bicyclic) bond motifs is 2. The van der Waals surface area contributed by atoms with Gasteiger partial charge >= 0.3 is 0 Å². The van der Waals surface area contributed by atoms with Gasteiger partial charge in [0.1, 0.15) is 11.9 Å². The van der Waals surface area contributed by atoms with Crippen molar-refractivity contribution in [3.8, 4) is 0 Å². The first kappa shape index (κ1) is 21.4. The van der Waals surface area contributed by atoms with Crippen LogP contribution in [0.25, 0.3) is 11.0 Å². The van der Waals surface area contributed by atoms with Crippen LogP contribution in [0.15, 0.2) is 48.5 Å². The fourth-order valence-corrected chi connectivity index (χ4v) is 5.02. The van der Waals surface area contributed by atoms with Crippen molar-refractivity contribution in [2.45, 2.75) is 45.1 Å². The van der Waals surface area contributed by atoms with Gasteiger partial charge < -0.3 is 9.88 Å². The highest BCUT2D eigenvalue weighted by Crippen LogP contribution is 2.32. The Morgan fingerprint density at radius 3 is 2.24 bits per heavy atom. The zero-order valence-corrected chi connectivity index (χ0v) is 19.0. The van der Waals surface area contributed by atoms with Crippen LogP contribution >= 0.6 is 0 Å². The van der Waals surface area contributed by atoms with Gasteiger partial charge in [-0.2, -0.15) is 0 Å². The summed E-state index contributed by atoms with van der Waals surface area (Å²) in [5.74, 6) is 0.206. The molecule has 1 fully saturated rings. The Morgan fingerprint density at radius 2 is 1.64 bits per heavy atom. The van der Waals surface area contributed by atoms with E-state index in [1.165, 1.54) is 4.90 Å². The van der Waals surface area contributed by atoms with E-state index in [1.54, 1.807) is 24.3 Å². The molecule has 0 spiro atoms. The molecular formula is C26H28N4O3. The second-order valence-corrected chi connectivity index (χ2v) is 9.10. The number of nitrogens with zero attached hydrogens (tertiary/aromatic N) is 3. The van der Waals surface area contributed by atoms with Gasteiger partial charge in [0.05, 0.1) is 22.2 Å². The fourth-order valence-electron chi connectivity index (χ4n) is 5.02. The van der Waals surface area contributed by atoms with E-state index >= 15 is 0 Å². The number of amides is 3. The highest BCUT2D eigenvalue weighted by molar-refractivity contribution is 6.22. The summed E-state index contributed by atoms with van der Waals surface area (Å²) in [6.45, 7) is 5.08. The predicted octanol–water partition coefficient (Wildman–Crippen LogP) is 3.98. The molecule has 1 aromatic heterocycles. The van der Waals surface area contributed by atoms with Crippen LogP contribution in [-0.4, -0.2) is 56.6 Å². The summed E-state index contributed by atoms with van der Waals surface area (Å²) in [7, 11) is 0. The zero-order valence-electron chi connectivity index (χ0n) is 19.0. The second kappa shape index (κ2) is 8.46. The van der Waals surface area contributed by atoms with E-state index in [4.69, 9.17) is 4.98 Å². The number of carbonyl (C=O) groups excluding carboxylic acids is 3. The first-order valence-electron chi connectivity index (χ1n) is 11.7. The number of likely N-dealkylation sites (tertiary alicyclic amines) is 1. The molecule has 2 aliphatic heterocycles. The van der Waals surface area contributed by atoms with Crippen molar-refractivity contribution >= 4 is 28.8 Å². The quantitative estimate of drug-likeness (QED) is 0.603. The van der Waals surface area contributed by atoms with E-state index in [1.807, 2.05) is 43.0 Å². The minimum atomic E-state index is -0.787. The van der Waals surface area contributed by atoms with Crippen LogP contribution in [0.4, 0.5) is 0 Å². The minimum absolute atomic E-state index is 0.132. The lowest BCUT2D eigenvalue weighted by molar-refractivity contribution is -0.138. The molecule has 170 valence electrons. The molecule has 0 bridgehead atoms. The van der Waals surface area contributed by atoms with Crippen molar-refractivity contribution in [2.75, 3.05) is 13.1 Å². The third kappa shape index (κ3) is 3.61. The number of rotatable bonds is 5. The van der Waals surface area contributed by atoms with E-state index in [2.05, 4.69) is 4.98 Å². The van der Waals surface area contributed by atoms with E-state index in [0.717, 1.165) is 29.7 Å². The molecule has 2 aliphatic rings. The Balaban J connectivity index is 1.34. The largest absolute Gasteiger partial charge is 0.342 e. The molecule has 1 N–H and O–H groups in total. The highest BCUT2D eigenvalue weighted by Gasteiger charge is 2.46. The summed E-state index contributed by atoms with van der Waals surface area (Å²) >= 11 is 0. The van der Waals surface area contributed by atoms with E-state index < -0.39 is 6.04 Å². The number of hydrogen-bond donors (Lipinski definition) is 1. The Labute approximate surface area is 192 Å². The summed E-state index contributed by atoms with van der Waals surface area (Å²) in [5, 5.41) is 0. The van der Waals surface area contributed by atoms with Crippen LogP contribution in [0, 0.1) is 5.92 Å². The van der Waals surface area contributed by atoms with Crippen LogP contribution in [0.1, 0.15) is 65.6 Å². The molecule has 0 radical (unpaired) electrons. The maximum absolute atomic E-state index is 13.7. The van der Waals surface area contributed by atoms with Gasteiger partial charge in [0, 0.05) is 19.0 Å². The fraction of sp³-hybridized carbons (Fsp3) is 0.385. The van der Waals surface area contributed by atoms with E-state index in [9.17, 15) is 14.4 Å². The number of carbonyl (C=O) groups is 3. The van der Waals surface area contributed by atoms with Crippen LogP contribution < -0.4 is 0 Å². The summed E-state index contributed by atoms with van der Waals surface area (Å²) in [4.78, 5) is 51.0. The average Bonchev–Trinajstić information content (AvgIpc) is 3.39. The Hall–Kier alpha value is -3.48. The van der Waals surface area contributed by atoms with Gasteiger partial charge in [-0.05, 0) is 43.0 Å². The Bertz CT molecular complexity index is 1160. The number of nitrogens with one attached hydrogen (secondary N) is 1. The number of aromatic nitrogens is 2. The lowest BCUT2D eigenvalue weighted by Gasteiger charge is -2.37. The molecule has 33 heavy (non-hydrogen) atoms. The number of benzene rings is 2. The number of para-hydroxylation sites is 2. The number of piperidine rings is 1. The maximum Gasteiger partial charge on any atom is 0.262 e. The molecule has 2 unspecified atom stereocenters. The smallest absolute Gasteiger partial charge is 0.262 e. The maximum atomic E-state index is 13.7. The number of H-pyrrole nitrogens is 1. The van der Waals surface area contributed by atoms with Crippen LogP contribution in [0.3, 0.4) is 0 Å². The van der Waals surface area contributed by atoms with E-state index in [-0.39, 0.29) is 29.6 Å². The normalized spacial score (nSPS) is 18.6. The van der Waals surface area contributed by atoms with Crippen molar-refractivity contribution in [3.63, 3.8) is 0 Å². The first-order valence-corrected chi connectivity index (χ1v) is 11.7. The second-order valence-electron chi connectivity index (χ2n) is 9.10. The molecule has 7 heteroatoms. The van der Waals surface area contributed by atoms with Gasteiger partial charge in [-0.1, -0.05) is 44.5 Å². The number of aromatic amines is 1. The van der Waals surface area contributed by atoms with Crippen molar-refractivity contribution in [1.82, 2.24) is 19.8 Å². The van der Waals surface area contributed by atoms with Crippen molar-refractivity contribution < 1.29 is 14.4 Å². The third-order valence-corrected chi connectivity index (χ3v) is 7.14. The van der Waals surface area contributed by atoms with Gasteiger partial charge in [0.2, 0.25) is 5.91 Å². The molecule has 3 amide bonds. The molecule has 7 nitrogen and oxygen atoms in total. The molecule has 2 atom stereocenters. The number of imidazole rings is 1. The van der Waals surface area contributed by atoms with Crippen LogP contribution in [-0.2, 0) is 4.79 Å². The first-order chi connectivity index (χ1) is 16.0. The number of hydrogen-bond acceptors (Lipinski definition) is 4. The molecule has 5 rings (SSSR count). The number of imide groups is 1. The van der Waals surface area contributed by atoms with Gasteiger partial charge in [-0.15, -0.1) is 0 Å². The van der Waals surface area contributed by atoms with Crippen LogP contribution in [0.2, 0.25) is 0 Å². The Kier molecular flexibility index (Phi) is 5.48. The SMILES string of the molecule is CCC(C)C(C(=O)N1CCC(c2nc3ccccc3[nH]2)CC1)N1C(=O)c2ccccc2C1=O. The predicted molar refractivity (Wildman–Crippen MR) is 125 cm³/mol. The van der Waals surface area contributed by atoms with E-state index in [0.29, 0.717) is 30.6 Å². The highest BCUT2D eigenvalue weighted by atomic mass is 16.2. The standard InChI is InChI=1S/C26H28N4O3/c1-3-16(2)22(30-24(31)18-8-4-5-9-19(18)25(30)32)26(33)29-14-12-17(13-15-29)23-27-20-10-6-7-11-21(20)28-23/h4-11,16-17,22H,3,12-15H2,1-2H3,(H,27,28). The molecular weight excluding hydrogens is 416 g/mol. The summed E-state index contributed by atoms with van der Waals surface area (Å²) < 4.78 is 0. The third-order valence-electron chi connectivity index (χ3n) is 7.14. The monoisotopic (exact) mass is 444 g/mol. The lowest BCUT2D eigenvalue weighted by Crippen LogP contribution is -2.55. The molecule has 3 heterocycles. The molecule has 2 aromatic carbocycles. The summed E-state index contributed by atoms with van der Waals surface area (Å²) in [5.41, 5.74) is 2.74. The minimum Gasteiger partial charge on any atom is -0.342 e. The van der Waals surface area contributed by atoms with Crippen LogP contribution in [0.5, 0.6) is 0 Å². The summed E-state index contributed by atoms with van der Waals surface area (Å²) in [6.07, 6.45) is 2.28. The average molecular weight is 445 g/mol. The molecule has 0 saturated carbocycles. The van der Waals surface area contributed by atoms with Gasteiger partial charge in [0.15, 0.2) is 0 Å².